The number of fused-ring (bicyclic) bond motifs is 1. The van der Waals surface area contributed by atoms with Crippen molar-refractivity contribution < 1.29 is 21.4 Å². The topological polar surface area (TPSA) is 45.8 Å². The van der Waals surface area contributed by atoms with E-state index in [0.29, 0.717) is 0 Å². The summed E-state index contributed by atoms with van der Waals surface area (Å²) >= 11 is 1.53. The van der Waals surface area contributed by atoms with Gasteiger partial charge in [-0.05, 0) is 42.5 Å². The molecule has 27 heavy (non-hydrogen) atoms. The lowest BCUT2D eigenvalue weighted by Crippen LogP contribution is -3.00. The largest absolute Gasteiger partial charge is 1.00 e. The van der Waals surface area contributed by atoms with E-state index in [0.717, 1.165) is 10.7 Å². The molecule has 0 saturated heterocycles. The monoisotopic (exact) mass is 511 g/mol. The molecule has 3 rings (SSSR count). The number of pyridine rings is 1. The summed E-state index contributed by atoms with van der Waals surface area (Å²) in [5.74, 6) is 0. The van der Waals surface area contributed by atoms with Gasteiger partial charge >= 0.3 is 0 Å². The van der Waals surface area contributed by atoms with Crippen molar-refractivity contribution in [3.8, 4) is 11.3 Å². The molecule has 0 atom stereocenters. The van der Waals surface area contributed by atoms with E-state index in [1.54, 1.807) is 13.3 Å². The van der Waals surface area contributed by atoms with Crippen LogP contribution >= 0.6 is 28.7 Å². The van der Waals surface area contributed by atoms with Crippen LogP contribution in [0.4, 0.5) is 0 Å². The van der Waals surface area contributed by atoms with Gasteiger partial charge in [-0.15, -0.1) is 17.0 Å². The van der Waals surface area contributed by atoms with Crippen molar-refractivity contribution in [3.05, 3.63) is 59.9 Å². The SMILES string of the molecule is Br.CN=C(N/N=C/c1ccc(-c2c[n+]3ccc(C)cc3n2C)cc1)SC.[Br-]. The Morgan fingerprint density at radius 3 is 2.56 bits per heavy atom. The van der Waals surface area contributed by atoms with Gasteiger partial charge in [0, 0.05) is 18.7 Å². The van der Waals surface area contributed by atoms with Gasteiger partial charge in [-0.2, -0.15) is 5.10 Å². The molecule has 0 aliphatic heterocycles. The van der Waals surface area contributed by atoms with Crippen molar-refractivity contribution in [3.63, 3.8) is 0 Å². The Morgan fingerprint density at radius 2 is 1.93 bits per heavy atom. The summed E-state index contributed by atoms with van der Waals surface area (Å²) in [6.07, 6.45) is 8.01. The zero-order valence-electron chi connectivity index (χ0n) is 15.7. The Kier molecular flexibility index (Phi) is 9.21. The first-order valence-corrected chi connectivity index (χ1v) is 9.22. The quantitative estimate of drug-likeness (QED) is 0.242. The van der Waals surface area contributed by atoms with Crippen LogP contribution in [0.15, 0.2) is 58.9 Å². The maximum absolute atomic E-state index is 4.21. The Hall–Kier alpha value is -1.64. The fourth-order valence-corrected chi connectivity index (χ4v) is 3.01. The van der Waals surface area contributed by atoms with E-state index >= 15 is 0 Å². The van der Waals surface area contributed by atoms with Gasteiger partial charge in [0.15, 0.2) is 10.9 Å². The lowest BCUT2D eigenvalue weighted by atomic mass is 10.1. The van der Waals surface area contributed by atoms with Crippen molar-refractivity contribution in [1.29, 1.82) is 0 Å². The van der Waals surface area contributed by atoms with Gasteiger partial charge in [-0.25, -0.2) is 8.97 Å². The molecule has 0 aliphatic carbocycles. The van der Waals surface area contributed by atoms with E-state index in [4.69, 9.17) is 0 Å². The molecule has 0 radical (unpaired) electrons. The van der Waals surface area contributed by atoms with E-state index in [-0.39, 0.29) is 34.0 Å². The molecule has 0 amide bonds. The van der Waals surface area contributed by atoms with Crippen molar-refractivity contribution in [2.45, 2.75) is 6.92 Å². The molecular formula is C19H23Br2N5S. The van der Waals surface area contributed by atoms with E-state index < -0.39 is 0 Å². The van der Waals surface area contributed by atoms with Crippen molar-refractivity contribution in [2.75, 3.05) is 13.3 Å². The number of benzene rings is 1. The van der Waals surface area contributed by atoms with Gasteiger partial charge in [0.1, 0.15) is 6.20 Å². The molecule has 0 bridgehead atoms. The van der Waals surface area contributed by atoms with E-state index in [9.17, 15) is 0 Å². The predicted molar refractivity (Wildman–Crippen MR) is 117 cm³/mol. The summed E-state index contributed by atoms with van der Waals surface area (Å²) in [4.78, 5) is 4.08. The molecule has 3 aromatic rings. The lowest BCUT2D eigenvalue weighted by molar-refractivity contribution is -0.510. The first kappa shape index (κ1) is 23.4. The molecule has 144 valence electrons. The molecule has 0 aliphatic rings. The van der Waals surface area contributed by atoms with E-state index in [1.165, 1.54) is 34.2 Å². The molecular weight excluding hydrogens is 490 g/mol. The van der Waals surface area contributed by atoms with Crippen molar-refractivity contribution >= 4 is 45.8 Å². The van der Waals surface area contributed by atoms with Crippen LogP contribution in [0, 0.1) is 6.92 Å². The number of nitrogens with zero attached hydrogens (tertiary/aromatic N) is 4. The number of hydrazone groups is 1. The van der Waals surface area contributed by atoms with Crippen LogP contribution in [-0.4, -0.2) is 29.3 Å². The molecule has 0 unspecified atom stereocenters. The van der Waals surface area contributed by atoms with Crippen LogP contribution in [0.25, 0.3) is 16.9 Å². The number of hydrogen-bond acceptors (Lipinski definition) is 3. The summed E-state index contributed by atoms with van der Waals surface area (Å²) in [6.45, 7) is 2.11. The third kappa shape index (κ3) is 5.43. The van der Waals surface area contributed by atoms with Gasteiger partial charge < -0.3 is 17.0 Å². The average Bonchev–Trinajstić information content (AvgIpc) is 2.96. The van der Waals surface area contributed by atoms with Crippen LogP contribution in [0.2, 0.25) is 0 Å². The number of imidazole rings is 1. The number of thioether (sulfide) groups is 1. The van der Waals surface area contributed by atoms with Crippen LogP contribution < -0.4 is 26.8 Å². The summed E-state index contributed by atoms with van der Waals surface area (Å²) < 4.78 is 4.36. The number of aliphatic imine (C=N–C) groups is 1. The Labute approximate surface area is 185 Å². The Balaban J connectivity index is 0.00000182. The predicted octanol–water partition coefficient (Wildman–Crippen LogP) is 0.593. The average molecular weight is 513 g/mol. The minimum absolute atomic E-state index is 0. The Morgan fingerprint density at radius 1 is 1.22 bits per heavy atom. The molecule has 5 nitrogen and oxygen atoms in total. The van der Waals surface area contributed by atoms with Gasteiger partial charge in [-0.3, -0.25) is 10.4 Å². The molecule has 0 spiro atoms. The minimum atomic E-state index is 0. The van der Waals surface area contributed by atoms with Crippen LogP contribution in [0.3, 0.4) is 0 Å². The number of aromatic nitrogens is 2. The fourth-order valence-electron chi connectivity index (χ4n) is 2.68. The highest BCUT2D eigenvalue weighted by Gasteiger charge is 2.15. The molecule has 2 heterocycles. The number of rotatable bonds is 3. The first-order valence-electron chi connectivity index (χ1n) is 8.00. The summed E-state index contributed by atoms with van der Waals surface area (Å²) in [5, 5.41) is 5.00. The van der Waals surface area contributed by atoms with Crippen LogP contribution in [0.5, 0.6) is 0 Å². The standard InChI is InChI=1S/C19H22N5S.2BrH/c1-14-9-10-24-13-17(23(3)18(24)11-14)16-7-5-15(6-8-16)12-21-22-19(20-2)25-4;;/h5-13H,1-4H3,(H,20,22);2*1H/q+1;;/p-1/b21-12+;;. The normalized spacial score (nSPS) is 11.3. The molecule has 0 saturated carbocycles. The second-order valence-corrected chi connectivity index (χ2v) is 6.56. The minimum Gasteiger partial charge on any atom is -1.00 e. The van der Waals surface area contributed by atoms with E-state index in [2.05, 4.69) is 87.3 Å². The maximum atomic E-state index is 4.21. The highest BCUT2D eigenvalue weighted by Crippen LogP contribution is 2.20. The second-order valence-electron chi connectivity index (χ2n) is 5.77. The zero-order valence-corrected chi connectivity index (χ0v) is 19.8. The molecule has 8 heteroatoms. The number of halogens is 2. The fraction of sp³-hybridized carbons (Fsp3) is 0.211. The third-order valence-electron chi connectivity index (χ3n) is 4.06. The summed E-state index contributed by atoms with van der Waals surface area (Å²) in [7, 11) is 3.84. The van der Waals surface area contributed by atoms with Crippen molar-refractivity contribution in [1.82, 2.24) is 9.99 Å². The zero-order chi connectivity index (χ0) is 17.8. The van der Waals surface area contributed by atoms with Crippen LogP contribution in [-0.2, 0) is 7.05 Å². The van der Waals surface area contributed by atoms with E-state index in [1.807, 2.05) is 6.26 Å². The molecule has 0 fully saturated rings. The van der Waals surface area contributed by atoms with Gasteiger partial charge in [0.05, 0.1) is 19.5 Å². The second kappa shape index (κ2) is 10.6. The summed E-state index contributed by atoms with van der Waals surface area (Å²) in [5.41, 5.74) is 8.74. The number of nitrogens with one attached hydrogen (secondary N) is 1. The van der Waals surface area contributed by atoms with Gasteiger partial charge in [-0.1, -0.05) is 23.9 Å². The first-order chi connectivity index (χ1) is 12.1. The molecule has 2 aromatic heterocycles. The lowest BCUT2D eigenvalue weighted by Gasteiger charge is -2.00. The summed E-state index contributed by atoms with van der Waals surface area (Å²) in [6, 6.07) is 12.7. The van der Waals surface area contributed by atoms with Gasteiger partial charge in [0.25, 0.3) is 5.65 Å². The van der Waals surface area contributed by atoms with Crippen LogP contribution in [0.1, 0.15) is 11.1 Å². The number of hydrogen-bond donors (Lipinski definition) is 1. The maximum Gasteiger partial charge on any atom is 0.286 e. The highest BCUT2D eigenvalue weighted by molar-refractivity contribution is 8.93. The molecule has 1 aromatic carbocycles. The third-order valence-corrected chi connectivity index (χ3v) is 4.72. The Bertz CT molecular complexity index is 949. The number of amidine groups is 1. The van der Waals surface area contributed by atoms with Gasteiger partial charge in [0.2, 0.25) is 0 Å². The van der Waals surface area contributed by atoms with Crippen molar-refractivity contribution in [2.24, 2.45) is 17.1 Å². The number of aryl methyl sites for hydroxylation is 2. The smallest absolute Gasteiger partial charge is 0.286 e. The molecule has 1 N–H and O–H groups in total. The highest BCUT2D eigenvalue weighted by atomic mass is 79.9.